The van der Waals surface area contributed by atoms with Crippen molar-refractivity contribution in [1.82, 2.24) is 5.43 Å². The lowest BCUT2D eigenvalue weighted by atomic mass is 9.90. The number of carbonyl (C=O) groups is 2. The third-order valence-corrected chi connectivity index (χ3v) is 5.83. The average Bonchev–Trinajstić information content (AvgIpc) is 3.20. The van der Waals surface area contributed by atoms with E-state index < -0.39 is 0 Å². The number of fused-ring (bicyclic) bond motifs is 2. The van der Waals surface area contributed by atoms with E-state index in [1.54, 1.807) is 25.3 Å². The number of benzene rings is 2. The maximum Gasteiger partial charge on any atom is 0.240 e. The topological polar surface area (TPSA) is 77.0 Å². The second kappa shape index (κ2) is 9.16. The standard InChI is InChI=1S/C25H26N2O4/c1-30-22-12-10-17(15-23(22)31-2)21(28)11-13-24(29)27-26-20-9-5-7-18-14-16-6-3-4-8-19(16)25(18)20/h3-4,6,8,10,12,15H,5,7,9,11,13-14H2,1-2H3,(H,27,29)/b26-20+. The first-order valence-corrected chi connectivity index (χ1v) is 10.5. The van der Waals surface area contributed by atoms with Gasteiger partial charge in [-0.1, -0.05) is 29.8 Å². The quantitative estimate of drug-likeness (QED) is 0.536. The van der Waals surface area contributed by atoms with E-state index in [0.717, 1.165) is 31.4 Å². The minimum atomic E-state index is -0.264. The summed E-state index contributed by atoms with van der Waals surface area (Å²) >= 11 is 0. The number of nitrogens with one attached hydrogen (secondary N) is 1. The van der Waals surface area contributed by atoms with Crippen molar-refractivity contribution in [3.8, 4) is 11.5 Å². The molecule has 2 aliphatic rings. The van der Waals surface area contributed by atoms with E-state index in [9.17, 15) is 9.59 Å². The Kier molecular flexibility index (Phi) is 6.16. The lowest BCUT2D eigenvalue weighted by Gasteiger charge is -2.17. The average molecular weight is 418 g/mol. The van der Waals surface area contributed by atoms with Crippen molar-refractivity contribution in [2.45, 2.75) is 38.5 Å². The molecule has 0 saturated carbocycles. The molecule has 160 valence electrons. The molecule has 0 unspecified atom stereocenters. The minimum absolute atomic E-state index is 0.0758. The largest absolute Gasteiger partial charge is 0.493 e. The highest BCUT2D eigenvalue weighted by Crippen LogP contribution is 2.40. The Labute approximate surface area is 181 Å². The fraction of sp³-hybridized carbons (Fsp3) is 0.320. The Bertz CT molecular complexity index is 1080. The van der Waals surface area contributed by atoms with Crippen molar-refractivity contribution < 1.29 is 19.1 Å². The highest BCUT2D eigenvalue weighted by Gasteiger charge is 2.27. The van der Waals surface area contributed by atoms with Gasteiger partial charge in [0.1, 0.15) is 0 Å². The zero-order valence-corrected chi connectivity index (χ0v) is 17.9. The van der Waals surface area contributed by atoms with Gasteiger partial charge in [0.15, 0.2) is 17.3 Å². The number of rotatable bonds is 7. The van der Waals surface area contributed by atoms with Crippen molar-refractivity contribution in [2.24, 2.45) is 5.10 Å². The molecule has 0 aliphatic heterocycles. The smallest absolute Gasteiger partial charge is 0.240 e. The summed E-state index contributed by atoms with van der Waals surface area (Å²) in [6, 6.07) is 13.4. The zero-order chi connectivity index (χ0) is 21.8. The van der Waals surface area contributed by atoms with Gasteiger partial charge in [-0.2, -0.15) is 5.10 Å². The summed E-state index contributed by atoms with van der Waals surface area (Å²) in [5, 5.41) is 4.44. The predicted octanol–water partition coefficient (Wildman–Crippen LogP) is 4.33. The molecule has 1 amide bonds. The summed E-state index contributed by atoms with van der Waals surface area (Å²) in [5.74, 6) is 0.654. The van der Waals surface area contributed by atoms with E-state index in [0.29, 0.717) is 17.1 Å². The number of allylic oxidation sites excluding steroid dienone is 2. The zero-order valence-electron chi connectivity index (χ0n) is 17.9. The molecule has 0 spiro atoms. The van der Waals surface area contributed by atoms with Crippen LogP contribution in [0.25, 0.3) is 5.57 Å². The van der Waals surface area contributed by atoms with Gasteiger partial charge >= 0.3 is 0 Å². The van der Waals surface area contributed by atoms with E-state index in [1.165, 1.54) is 29.4 Å². The van der Waals surface area contributed by atoms with Gasteiger partial charge in [-0.05, 0) is 55.0 Å². The molecule has 0 atom stereocenters. The molecule has 0 heterocycles. The van der Waals surface area contributed by atoms with Crippen LogP contribution in [0.2, 0.25) is 0 Å². The van der Waals surface area contributed by atoms with Crippen LogP contribution in [-0.2, 0) is 11.2 Å². The molecule has 2 aliphatic carbocycles. The van der Waals surface area contributed by atoms with Crippen molar-refractivity contribution >= 4 is 23.0 Å². The predicted molar refractivity (Wildman–Crippen MR) is 120 cm³/mol. The molecule has 0 aromatic heterocycles. The Hall–Kier alpha value is -3.41. The van der Waals surface area contributed by atoms with E-state index in [4.69, 9.17) is 9.47 Å². The number of hydrogen-bond donors (Lipinski definition) is 1. The van der Waals surface area contributed by atoms with Crippen LogP contribution in [0, 0.1) is 0 Å². The third kappa shape index (κ3) is 4.38. The first kappa shape index (κ1) is 20.8. The summed E-state index contributed by atoms with van der Waals surface area (Å²) in [5.41, 5.74) is 9.25. The Morgan fingerprint density at radius 3 is 2.61 bits per heavy atom. The molecule has 0 radical (unpaired) electrons. The fourth-order valence-corrected chi connectivity index (χ4v) is 4.27. The molecule has 0 fully saturated rings. The molecular weight excluding hydrogens is 392 g/mol. The summed E-state index contributed by atoms with van der Waals surface area (Å²) in [6.45, 7) is 0. The number of Topliss-reactive ketones (excluding diaryl/α,β-unsaturated/α-hetero) is 1. The van der Waals surface area contributed by atoms with Crippen molar-refractivity contribution in [3.63, 3.8) is 0 Å². The summed E-state index contributed by atoms with van der Waals surface area (Å²) < 4.78 is 10.4. The van der Waals surface area contributed by atoms with Gasteiger partial charge in [0.05, 0.1) is 19.9 Å². The van der Waals surface area contributed by atoms with Gasteiger partial charge in [-0.3, -0.25) is 9.59 Å². The van der Waals surface area contributed by atoms with E-state index in [1.807, 2.05) is 6.07 Å². The number of ketones is 1. The second-order valence-electron chi connectivity index (χ2n) is 7.75. The summed E-state index contributed by atoms with van der Waals surface area (Å²) in [7, 11) is 3.06. The number of ether oxygens (including phenoxy) is 2. The van der Waals surface area contributed by atoms with Gasteiger partial charge in [0, 0.05) is 24.0 Å². The number of carbonyl (C=O) groups excluding carboxylic acids is 2. The van der Waals surface area contributed by atoms with Crippen LogP contribution >= 0.6 is 0 Å². The van der Waals surface area contributed by atoms with Crippen molar-refractivity contribution in [2.75, 3.05) is 14.2 Å². The lowest BCUT2D eigenvalue weighted by Crippen LogP contribution is -2.22. The molecular formula is C25H26N2O4. The Morgan fingerprint density at radius 2 is 1.81 bits per heavy atom. The SMILES string of the molecule is COc1ccc(C(=O)CCC(=O)N/N=C2\CCCC3=C2c2ccccc2C3)cc1OC. The molecule has 6 nitrogen and oxygen atoms in total. The first-order valence-electron chi connectivity index (χ1n) is 10.5. The molecule has 1 N–H and O–H groups in total. The lowest BCUT2D eigenvalue weighted by molar-refractivity contribution is -0.121. The molecule has 6 heteroatoms. The highest BCUT2D eigenvalue weighted by molar-refractivity contribution is 6.26. The van der Waals surface area contributed by atoms with E-state index in [-0.39, 0.29) is 24.5 Å². The number of amides is 1. The second-order valence-corrected chi connectivity index (χ2v) is 7.75. The Balaban J connectivity index is 1.38. The normalized spacial score (nSPS) is 16.0. The third-order valence-electron chi connectivity index (χ3n) is 5.83. The molecule has 4 rings (SSSR count). The van der Waals surface area contributed by atoms with Crippen LogP contribution in [0.3, 0.4) is 0 Å². The minimum Gasteiger partial charge on any atom is -0.493 e. The number of hydrogen-bond acceptors (Lipinski definition) is 5. The maximum absolute atomic E-state index is 12.5. The van der Waals surface area contributed by atoms with E-state index >= 15 is 0 Å². The van der Waals surface area contributed by atoms with Gasteiger partial charge < -0.3 is 9.47 Å². The number of methoxy groups -OCH3 is 2. The fourth-order valence-electron chi connectivity index (χ4n) is 4.27. The number of hydrazone groups is 1. The van der Waals surface area contributed by atoms with Crippen LogP contribution in [0.1, 0.15) is 53.6 Å². The van der Waals surface area contributed by atoms with Gasteiger partial charge in [0.2, 0.25) is 5.91 Å². The molecule has 31 heavy (non-hydrogen) atoms. The number of nitrogens with zero attached hydrogens (tertiary/aromatic N) is 1. The van der Waals surface area contributed by atoms with Crippen molar-refractivity contribution in [1.29, 1.82) is 0 Å². The highest BCUT2D eigenvalue weighted by atomic mass is 16.5. The summed E-state index contributed by atoms with van der Waals surface area (Å²) in [6.07, 6.45) is 4.11. The van der Waals surface area contributed by atoms with Crippen LogP contribution in [0.15, 0.2) is 53.1 Å². The first-order chi connectivity index (χ1) is 15.1. The maximum atomic E-state index is 12.5. The van der Waals surface area contributed by atoms with Crippen LogP contribution in [-0.4, -0.2) is 31.6 Å². The van der Waals surface area contributed by atoms with Crippen LogP contribution < -0.4 is 14.9 Å². The molecule has 2 aromatic carbocycles. The van der Waals surface area contributed by atoms with Gasteiger partial charge in [0.25, 0.3) is 0 Å². The van der Waals surface area contributed by atoms with Gasteiger partial charge in [-0.15, -0.1) is 0 Å². The summed E-state index contributed by atoms with van der Waals surface area (Å²) in [4.78, 5) is 24.8. The van der Waals surface area contributed by atoms with Crippen LogP contribution in [0.4, 0.5) is 0 Å². The molecule has 0 saturated heterocycles. The monoisotopic (exact) mass is 418 g/mol. The van der Waals surface area contributed by atoms with Gasteiger partial charge in [-0.25, -0.2) is 5.43 Å². The molecule has 2 aromatic rings. The molecule has 0 bridgehead atoms. The Morgan fingerprint density at radius 1 is 1.00 bits per heavy atom. The van der Waals surface area contributed by atoms with Crippen molar-refractivity contribution in [3.05, 3.63) is 64.7 Å². The van der Waals surface area contributed by atoms with Crippen LogP contribution in [0.5, 0.6) is 11.5 Å². The van der Waals surface area contributed by atoms with E-state index in [2.05, 4.69) is 28.7 Å².